The van der Waals surface area contributed by atoms with E-state index in [1.54, 1.807) is 0 Å². The van der Waals surface area contributed by atoms with Crippen molar-refractivity contribution in [3.05, 3.63) is 43.4 Å². The van der Waals surface area contributed by atoms with Gasteiger partial charge in [-0.3, -0.25) is 9.58 Å². The maximum atomic E-state index is 13.7. The van der Waals surface area contributed by atoms with E-state index in [-0.39, 0.29) is 33.5 Å². The highest BCUT2D eigenvalue weighted by Gasteiger charge is 2.39. The number of thiophene rings is 1. The standard InChI is InChI=1S/C27H32ClF3N4O2S/c1-26(2,3)9-5-17-13-19(22(38-17)25(36)37)18-8-12-35(14-20(18)16-6-10-32-11-7-16)15-21-23(27(29,30)31)33-34(4)24(21)28/h13,16,32H,6-8,10-12,14-15H2,1-4H3,(H,36,37). The number of hydrogen-bond acceptors (Lipinski definition) is 5. The van der Waals surface area contributed by atoms with Crippen molar-refractivity contribution in [1.82, 2.24) is 20.0 Å². The first-order valence-corrected chi connectivity index (χ1v) is 13.8. The minimum absolute atomic E-state index is 0.0149. The van der Waals surface area contributed by atoms with Crippen LogP contribution in [-0.2, 0) is 19.8 Å². The Kier molecular flexibility index (Phi) is 8.34. The molecule has 2 aromatic rings. The van der Waals surface area contributed by atoms with Crippen LogP contribution in [0.1, 0.15) is 71.4 Å². The molecule has 1 saturated heterocycles. The van der Waals surface area contributed by atoms with Gasteiger partial charge in [0, 0.05) is 43.2 Å². The minimum Gasteiger partial charge on any atom is -0.477 e. The first-order chi connectivity index (χ1) is 17.7. The Morgan fingerprint density at radius 2 is 1.97 bits per heavy atom. The summed E-state index contributed by atoms with van der Waals surface area (Å²) in [5.74, 6) is 5.53. The number of halogens is 4. The monoisotopic (exact) mass is 568 g/mol. The highest BCUT2D eigenvalue weighted by Crippen LogP contribution is 2.41. The van der Waals surface area contributed by atoms with Crippen LogP contribution in [0, 0.1) is 23.2 Å². The predicted molar refractivity (Wildman–Crippen MR) is 143 cm³/mol. The topological polar surface area (TPSA) is 70.4 Å². The van der Waals surface area contributed by atoms with E-state index >= 15 is 0 Å². The van der Waals surface area contributed by atoms with Crippen LogP contribution >= 0.6 is 22.9 Å². The van der Waals surface area contributed by atoms with Crippen molar-refractivity contribution >= 4 is 34.5 Å². The van der Waals surface area contributed by atoms with E-state index in [1.807, 2.05) is 31.7 Å². The zero-order valence-corrected chi connectivity index (χ0v) is 23.5. The van der Waals surface area contributed by atoms with Crippen molar-refractivity contribution in [2.24, 2.45) is 18.4 Å². The normalized spacial score (nSPS) is 18.0. The van der Waals surface area contributed by atoms with Gasteiger partial charge in [0.2, 0.25) is 0 Å². The molecule has 0 spiro atoms. The van der Waals surface area contributed by atoms with Gasteiger partial charge in [-0.2, -0.15) is 18.3 Å². The molecular formula is C27H32ClF3N4O2S. The number of aromatic nitrogens is 2. The molecule has 4 heterocycles. The highest BCUT2D eigenvalue weighted by molar-refractivity contribution is 7.14. The molecule has 4 rings (SSSR count). The van der Waals surface area contributed by atoms with Gasteiger partial charge in [-0.15, -0.1) is 11.3 Å². The number of aromatic carboxylic acids is 1. The summed E-state index contributed by atoms with van der Waals surface area (Å²) in [6.45, 7) is 8.61. The molecule has 1 fully saturated rings. The lowest BCUT2D eigenvalue weighted by atomic mass is 9.81. The fourth-order valence-corrected chi connectivity index (χ4v) is 6.12. The summed E-state index contributed by atoms with van der Waals surface area (Å²) in [6, 6.07) is 1.87. The molecule has 11 heteroatoms. The molecule has 0 saturated carbocycles. The summed E-state index contributed by atoms with van der Waals surface area (Å²) in [5, 5.41) is 17.0. The van der Waals surface area contributed by atoms with Crippen molar-refractivity contribution in [3.8, 4) is 11.8 Å². The van der Waals surface area contributed by atoms with Crippen LogP contribution in [0.4, 0.5) is 13.2 Å². The number of piperidine rings is 1. The van der Waals surface area contributed by atoms with Crippen LogP contribution in [0.25, 0.3) is 5.57 Å². The molecule has 6 nitrogen and oxygen atoms in total. The molecule has 0 unspecified atom stereocenters. The second-order valence-electron chi connectivity index (χ2n) is 10.9. The molecule has 0 radical (unpaired) electrons. The van der Waals surface area contributed by atoms with E-state index in [2.05, 4.69) is 22.3 Å². The Balaban J connectivity index is 1.74. The largest absolute Gasteiger partial charge is 0.477 e. The summed E-state index contributed by atoms with van der Waals surface area (Å²) < 4.78 is 42.1. The first kappa shape index (κ1) is 28.7. The number of nitrogens with zero attached hydrogens (tertiary/aromatic N) is 3. The van der Waals surface area contributed by atoms with Crippen LogP contribution < -0.4 is 5.32 Å². The maximum Gasteiger partial charge on any atom is 0.435 e. The molecule has 2 aliphatic rings. The molecule has 2 N–H and O–H groups in total. The molecule has 0 aromatic carbocycles. The molecule has 2 aliphatic heterocycles. The predicted octanol–water partition coefficient (Wildman–Crippen LogP) is 5.91. The number of alkyl halides is 3. The van der Waals surface area contributed by atoms with Gasteiger partial charge in [0.1, 0.15) is 10.0 Å². The molecule has 0 amide bonds. The van der Waals surface area contributed by atoms with E-state index in [1.165, 1.54) is 18.4 Å². The Labute approximate surface area is 229 Å². The van der Waals surface area contributed by atoms with Crippen LogP contribution in [0.2, 0.25) is 5.15 Å². The number of rotatable bonds is 5. The third-order valence-corrected chi connectivity index (χ3v) is 8.33. The molecule has 0 atom stereocenters. The Morgan fingerprint density at radius 1 is 1.29 bits per heavy atom. The van der Waals surface area contributed by atoms with E-state index in [4.69, 9.17) is 11.6 Å². The second kappa shape index (κ2) is 11.0. The van der Waals surface area contributed by atoms with Gasteiger partial charge in [0.15, 0.2) is 5.69 Å². The molecule has 0 bridgehead atoms. The van der Waals surface area contributed by atoms with Crippen LogP contribution in [-0.4, -0.2) is 51.9 Å². The van der Waals surface area contributed by atoms with Crippen LogP contribution in [0.3, 0.4) is 0 Å². The van der Waals surface area contributed by atoms with Gasteiger partial charge in [0.05, 0.1) is 4.88 Å². The van der Waals surface area contributed by atoms with E-state index in [0.717, 1.165) is 41.8 Å². The lowest BCUT2D eigenvalue weighted by Gasteiger charge is -2.36. The molecule has 38 heavy (non-hydrogen) atoms. The summed E-state index contributed by atoms with van der Waals surface area (Å²) in [4.78, 5) is 15.1. The number of carboxylic acid groups (broad SMARTS) is 1. The van der Waals surface area contributed by atoms with Crippen molar-refractivity contribution in [1.29, 1.82) is 0 Å². The van der Waals surface area contributed by atoms with Gasteiger partial charge < -0.3 is 10.4 Å². The lowest BCUT2D eigenvalue weighted by molar-refractivity contribution is -0.142. The fraction of sp³-hybridized carbons (Fsp3) is 0.556. The second-order valence-corrected chi connectivity index (χ2v) is 12.3. The van der Waals surface area contributed by atoms with Crippen LogP contribution in [0.15, 0.2) is 11.6 Å². The number of carbonyl (C=O) groups is 1. The molecule has 2 aromatic heterocycles. The van der Waals surface area contributed by atoms with E-state index < -0.39 is 17.8 Å². The minimum atomic E-state index is -4.60. The van der Waals surface area contributed by atoms with Gasteiger partial charge in [-0.05, 0) is 76.3 Å². The Morgan fingerprint density at radius 3 is 2.58 bits per heavy atom. The van der Waals surface area contributed by atoms with Crippen molar-refractivity contribution in [2.45, 2.75) is 52.8 Å². The van der Waals surface area contributed by atoms with Gasteiger partial charge in [0.25, 0.3) is 0 Å². The summed E-state index contributed by atoms with van der Waals surface area (Å²) >= 11 is 7.42. The summed E-state index contributed by atoms with van der Waals surface area (Å²) in [5.41, 5.74) is 1.55. The zero-order valence-electron chi connectivity index (χ0n) is 21.9. The average molecular weight is 569 g/mol. The van der Waals surface area contributed by atoms with Gasteiger partial charge in [-0.1, -0.05) is 23.4 Å². The van der Waals surface area contributed by atoms with Crippen molar-refractivity contribution in [3.63, 3.8) is 0 Å². The number of nitrogens with one attached hydrogen (secondary N) is 1. The lowest BCUT2D eigenvalue weighted by Crippen LogP contribution is -2.37. The SMILES string of the molecule is Cn1nc(C(F)(F)F)c(CN2CCC(c3cc(C#CC(C)(C)C)sc3C(=O)O)=C(C3CCNCC3)C2)c1Cl. The maximum absolute atomic E-state index is 13.7. The number of carboxylic acids is 1. The molecular weight excluding hydrogens is 537 g/mol. The van der Waals surface area contributed by atoms with Crippen LogP contribution in [0.5, 0.6) is 0 Å². The Hall–Kier alpha value is -2.32. The fourth-order valence-electron chi connectivity index (χ4n) is 5.06. The third-order valence-electron chi connectivity index (χ3n) is 6.82. The number of hydrogen-bond donors (Lipinski definition) is 2. The van der Waals surface area contributed by atoms with Gasteiger partial charge >= 0.3 is 12.1 Å². The van der Waals surface area contributed by atoms with Crippen molar-refractivity contribution < 1.29 is 23.1 Å². The smallest absolute Gasteiger partial charge is 0.435 e. The average Bonchev–Trinajstić information content (AvgIpc) is 3.40. The van der Waals surface area contributed by atoms with E-state index in [0.29, 0.717) is 30.0 Å². The Bertz CT molecular complexity index is 1300. The van der Waals surface area contributed by atoms with Gasteiger partial charge in [-0.25, -0.2) is 4.79 Å². The van der Waals surface area contributed by atoms with E-state index in [9.17, 15) is 23.1 Å². The summed E-state index contributed by atoms with van der Waals surface area (Å²) in [6.07, 6.45) is -2.30. The zero-order chi connectivity index (χ0) is 27.8. The summed E-state index contributed by atoms with van der Waals surface area (Å²) in [7, 11) is 1.40. The third kappa shape index (κ3) is 6.45. The first-order valence-electron chi connectivity index (χ1n) is 12.6. The molecule has 0 aliphatic carbocycles. The molecule has 206 valence electrons. The highest BCUT2D eigenvalue weighted by atomic mass is 35.5. The number of aryl methyl sites for hydroxylation is 1. The quantitative estimate of drug-likeness (QED) is 0.439. The van der Waals surface area contributed by atoms with Crippen molar-refractivity contribution in [2.75, 3.05) is 26.2 Å².